The fourth-order valence-electron chi connectivity index (χ4n) is 3.02. The van der Waals surface area contributed by atoms with Crippen molar-refractivity contribution >= 4 is 22.4 Å². The average Bonchev–Trinajstić information content (AvgIpc) is 2.53. The number of ether oxygens (including phenoxy) is 2. The molecule has 1 aromatic rings. The van der Waals surface area contributed by atoms with E-state index in [0.717, 1.165) is 25.7 Å². The van der Waals surface area contributed by atoms with Gasteiger partial charge >= 0.3 is 0 Å². The Bertz CT molecular complexity index is 638. The van der Waals surface area contributed by atoms with Crippen LogP contribution in [-0.2, 0) is 10.0 Å². The Hall–Kier alpha value is -1.02. The molecule has 2 aliphatic rings. The number of nitrogens with one attached hydrogen (secondary N) is 1. The Morgan fingerprint density at radius 1 is 1.17 bits per heavy atom. The zero-order chi connectivity index (χ0) is 15.6. The van der Waals surface area contributed by atoms with E-state index in [9.17, 15) is 8.42 Å². The van der Waals surface area contributed by atoms with Crippen LogP contribution in [0.25, 0.3) is 0 Å². The summed E-state index contributed by atoms with van der Waals surface area (Å²) in [5.74, 6) is 1.38. The molecule has 1 fully saturated rings. The van der Waals surface area contributed by atoms with Crippen molar-refractivity contribution in [2.75, 3.05) is 19.8 Å². The number of nitrogens with two attached hydrogens (primary N) is 1. The van der Waals surface area contributed by atoms with Gasteiger partial charge in [0.15, 0.2) is 11.5 Å². The van der Waals surface area contributed by atoms with Crippen LogP contribution in [0.2, 0.25) is 0 Å². The highest BCUT2D eigenvalue weighted by Crippen LogP contribution is 2.32. The number of hydrogen-bond acceptors (Lipinski definition) is 5. The quantitative estimate of drug-likeness (QED) is 0.850. The van der Waals surface area contributed by atoms with E-state index in [1.54, 1.807) is 12.1 Å². The molecular formula is C15H23ClN2O4S. The zero-order valence-corrected chi connectivity index (χ0v) is 14.5. The van der Waals surface area contributed by atoms with Gasteiger partial charge in [0.1, 0.15) is 13.2 Å². The van der Waals surface area contributed by atoms with Crippen molar-refractivity contribution in [3.05, 3.63) is 18.2 Å². The topological polar surface area (TPSA) is 90.7 Å². The molecule has 130 valence electrons. The number of halogens is 1. The smallest absolute Gasteiger partial charge is 0.240 e. The molecule has 0 aromatic heterocycles. The maximum absolute atomic E-state index is 12.4. The van der Waals surface area contributed by atoms with Crippen LogP contribution in [-0.4, -0.2) is 34.2 Å². The Balaban J connectivity index is 0.00000192. The number of benzene rings is 1. The molecule has 3 rings (SSSR count). The first-order valence-corrected chi connectivity index (χ1v) is 9.18. The third kappa shape index (κ3) is 4.50. The first-order chi connectivity index (χ1) is 10.5. The molecule has 2 atom stereocenters. The van der Waals surface area contributed by atoms with E-state index < -0.39 is 10.0 Å². The van der Waals surface area contributed by atoms with Crippen LogP contribution in [0.1, 0.15) is 25.7 Å². The average molecular weight is 363 g/mol. The summed E-state index contributed by atoms with van der Waals surface area (Å²) in [7, 11) is -3.54. The third-order valence-electron chi connectivity index (χ3n) is 4.21. The van der Waals surface area contributed by atoms with E-state index in [-0.39, 0.29) is 23.3 Å². The second-order valence-electron chi connectivity index (χ2n) is 5.95. The van der Waals surface area contributed by atoms with Crippen LogP contribution in [0.5, 0.6) is 11.5 Å². The minimum absolute atomic E-state index is 0. The summed E-state index contributed by atoms with van der Waals surface area (Å²) in [6, 6.07) is 4.89. The van der Waals surface area contributed by atoms with Gasteiger partial charge < -0.3 is 15.2 Å². The molecule has 0 amide bonds. The minimum Gasteiger partial charge on any atom is -0.486 e. The molecule has 1 aliphatic carbocycles. The van der Waals surface area contributed by atoms with E-state index in [2.05, 4.69) is 4.72 Å². The molecule has 1 heterocycles. The largest absolute Gasteiger partial charge is 0.486 e. The second-order valence-corrected chi connectivity index (χ2v) is 7.72. The molecule has 8 heteroatoms. The van der Waals surface area contributed by atoms with Gasteiger partial charge in [0.05, 0.1) is 4.90 Å². The monoisotopic (exact) mass is 362 g/mol. The van der Waals surface area contributed by atoms with Crippen LogP contribution >= 0.6 is 12.4 Å². The van der Waals surface area contributed by atoms with Gasteiger partial charge in [0.2, 0.25) is 10.0 Å². The highest BCUT2D eigenvalue weighted by atomic mass is 35.5. The van der Waals surface area contributed by atoms with Crippen molar-refractivity contribution in [2.24, 2.45) is 11.7 Å². The lowest BCUT2D eigenvalue weighted by Crippen LogP contribution is -2.35. The molecule has 23 heavy (non-hydrogen) atoms. The van der Waals surface area contributed by atoms with Crippen molar-refractivity contribution in [2.45, 2.75) is 36.6 Å². The zero-order valence-electron chi connectivity index (χ0n) is 12.9. The second kappa shape index (κ2) is 7.70. The lowest BCUT2D eigenvalue weighted by Gasteiger charge is -2.26. The van der Waals surface area contributed by atoms with Crippen molar-refractivity contribution in [1.29, 1.82) is 0 Å². The molecule has 0 bridgehead atoms. The van der Waals surface area contributed by atoms with Gasteiger partial charge in [-0.1, -0.05) is 6.42 Å². The van der Waals surface area contributed by atoms with Gasteiger partial charge in [-0.3, -0.25) is 0 Å². The summed E-state index contributed by atoms with van der Waals surface area (Å²) in [6.07, 6.45) is 4.00. The van der Waals surface area contributed by atoms with Gasteiger partial charge in [-0.25, -0.2) is 13.1 Å². The predicted molar refractivity (Wildman–Crippen MR) is 89.8 cm³/mol. The fourth-order valence-corrected chi connectivity index (χ4v) is 4.15. The maximum atomic E-state index is 12.4. The van der Waals surface area contributed by atoms with Crippen LogP contribution in [0.3, 0.4) is 0 Å². The molecule has 3 N–H and O–H groups in total. The van der Waals surface area contributed by atoms with Gasteiger partial charge in [0.25, 0.3) is 0 Å². The van der Waals surface area contributed by atoms with Gasteiger partial charge in [0, 0.05) is 18.7 Å². The normalized spacial score (nSPS) is 23.9. The third-order valence-corrected chi connectivity index (χ3v) is 5.63. The number of hydrogen-bond donors (Lipinski definition) is 2. The molecule has 1 aliphatic heterocycles. The molecular weight excluding hydrogens is 340 g/mol. The van der Waals surface area contributed by atoms with Gasteiger partial charge in [-0.05, 0) is 37.3 Å². The van der Waals surface area contributed by atoms with Crippen molar-refractivity contribution < 1.29 is 17.9 Å². The Morgan fingerprint density at radius 3 is 2.65 bits per heavy atom. The number of sulfonamides is 1. The lowest BCUT2D eigenvalue weighted by molar-refractivity contribution is 0.171. The van der Waals surface area contributed by atoms with Crippen molar-refractivity contribution in [1.82, 2.24) is 4.72 Å². The maximum Gasteiger partial charge on any atom is 0.240 e. The van der Waals surface area contributed by atoms with E-state index in [4.69, 9.17) is 15.2 Å². The van der Waals surface area contributed by atoms with E-state index in [1.165, 1.54) is 6.07 Å². The van der Waals surface area contributed by atoms with Crippen molar-refractivity contribution in [3.63, 3.8) is 0 Å². The summed E-state index contributed by atoms with van der Waals surface area (Å²) in [6.45, 7) is 1.35. The first-order valence-electron chi connectivity index (χ1n) is 7.69. The van der Waals surface area contributed by atoms with E-state index in [0.29, 0.717) is 37.2 Å². The van der Waals surface area contributed by atoms with Crippen LogP contribution in [0.15, 0.2) is 23.1 Å². The molecule has 1 aromatic carbocycles. The van der Waals surface area contributed by atoms with Crippen LogP contribution < -0.4 is 19.9 Å². The minimum atomic E-state index is -3.54. The lowest BCUT2D eigenvalue weighted by atomic mass is 9.86. The number of fused-ring (bicyclic) bond motifs is 1. The molecule has 2 unspecified atom stereocenters. The van der Waals surface area contributed by atoms with Gasteiger partial charge in [-0.2, -0.15) is 0 Å². The highest BCUT2D eigenvalue weighted by molar-refractivity contribution is 7.89. The predicted octanol–water partition coefficient (Wildman–Crippen LogP) is 1.68. The van der Waals surface area contributed by atoms with Crippen LogP contribution in [0.4, 0.5) is 0 Å². The standard InChI is InChI=1S/C15H22N2O4S.ClH/c16-12-3-1-2-11(8-12)10-17-22(18,19)13-4-5-14-15(9-13)21-7-6-20-14;/h4-5,9,11-12,17H,1-3,6-8,10,16H2;1H. The molecule has 0 spiro atoms. The van der Waals surface area contributed by atoms with Crippen LogP contribution in [0, 0.1) is 5.92 Å². The van der Waals surface area contributed by atoms with E-state index >= 15 is 0 Å². The Labute approximate surface area is 143 Å². The summed E-state index contributed by atoms with van der Waals surface area (Å²) in [5, 5.41) is 0. The Morgan fingerprint density at radius 2 is 1.91 bits per heavy atom. The Kier molecular flexibility index (Phi) is 6.13. The fraction of sp³-hybridized carbons (Fsp3) is 0.600. The summed E-state index contributed by atoms with van der Waals surface area (Å²) >= 11 is 0. The SMILES string of the molecule is Cl.NC1CCCC(CNS(=O)(=O)c2ccc3c(c2)OCCO3)C1. The summed E-state index contributed by atoms with van der Waals surface area (Å²) < 4.78 is 38.3. The molecule has 0 radical (unpaired) electrons. The summed E-state index contributed by atoms with van der Waals surface area (Å²) in [5.41, 5.74) is 5.94. The van der Waals surface area contributed by atoms with E-state index in [1.807, 2.05) is 0 Å². The first kappa shape index (κ1) is 18.3. The van der Waals surface area contributed by atoms with Gasteiger partial charge in [-0.15, -0.1) is 12.4 Å². The summed E-state index contributed by atoms with van der Waals surface area (Å²) in [4.78, 5) is 0.205. The molecule has 0 saturated heterocycles. The molecule has 6 nitrogen and oxygen atoms in total. The number of rotatable bonds is 4. The highest BCUT2D eigenvalue weighted by Gasteiger charge is 2.23. The van der Waals surface area contributed by atoms with Crippen molar-refractivity contribution in [3.8, 4) is 11.5 Å². The molecule has 1 saturated carbocycles.